The average Bonchev–Trinajstić information content (AvgIpc) is 3.39. The van der Waals surface area contributed by atoms with Gasteiger partial charge in [-0.25, -0.2) is 18.2 Å². The van der Waals surface area contributed by atoms with Gasteiger partial charge in [-0.2, -0.15) is 5.10 Å². The van der Waals surface area contributed by atoms with Gasteiger partial charge < -0.3 is 25.2 Å². The maximum absolute atomic E-state index is 12.6. The average molecular weight is 761 g/mol. The molecule has 0 aliphatic rings. The number of carbonyl (C=O) groups is 1. The van der Waals surface area contributed by atoms with Gasteiger partial charge in [-0.15, -0.1) is 20.5 Å². The van der Waals surface area contributed by atoms with Crippen LogP contribution in [0.1, 0.15) is 16.1 Å². The number of aromatic carboxylic acids is 1. The molecule has 0 saturated carbocycles. The van der Waals surface area contributed by atoms with E-state index in [0.29, 0.717) is 5.39 Å². The molecule has 0 saturated heterocycles. The summed E-state index contributed by atoms with van der Waals surface area (Å²) in [6, 6.07) is 25.3. The molecule has 261 valence electrons. The Hall–Kier alpha value is -6.52. The van der Waals surface area contributed by atoms with Gasteiger partial charge in [-0.05, 0) is 48.7 Å². The molecule has 0 unspecified atom stereocenters. The van der Waals surface area contributed by atoms with Crippen LogP contribution in [-0.4, -0.2) is 39.3 Å². The molecule has 1 heterocycles. The van der Waals surface area contributed by atoms with E-state index in [-0.39, 0.29) is 79.1 Å². The normalized spacial score (nSPS) is 11.3. The Labute approximate surface area is 305 Å². The van der Waals surface area contributed by atoms with Gasteiger partial charge in [0.2, 0.25) is 10.0 Å². The number of nitrogens with two attached hydrogens (primary N) is 1. The monoisotopic (exact) mass is 760 g/mol. The van der Waals surface area contributed by atoms with Crippen LogP contribution in [0.2, 0.25) is 0 Å². The zero-order valence-electron chi connectivity index (χ0n) is 26.6. The van der Waals surface area contributed by atoms with Crippen molar-refractivity contribution >= 4 is 55.2 Å². The SMILES string of the molecule is Cc1nn(-c2cccc(S(N)(=O)=O)c2)c([O-])c1N=Nc1ccccc1C(=O)[O-].O=[N+]([O-])c1ccc(N=Nc2c(O)ccc3ccccc23)c(O)c1.[Cr+3]. The molecule has 5 aromatic carbocycles. The fourth-order valence-corrected chi connectivity index (χ4v) is 5.13. The molecule has 0 bridgehead atoms. The minimum absolute atomic E-state index is 0. The summed E-state index contributed by atoms with van der Waals surface area (Å²) in [4.78, 5) is 21.0. The minimum Gasteiger partial charge on any atom is -0.857 e. The number of aryl methyl sites for hydroxylation is 1. The molecule has 0 aliphatic heterocycles. The second-order valence-electron chi connectivity index (χ2n) is 10.5. The van der Waals surface area contributed by atoms with E-state index < -0.39 is 26.8 Å². The van der Waals surface area contributed by atoms with Gasteiger partial charge in [0.15, 0.2) is 0 Å². The number of aromatic hydroxyl groups is 2. The number of primary sulfonamides is 1. The number of rotatable bonds is 8. The first kappa shape index (κ1) is 38.3. The Balaban J connectivity index is 0.000000232. The Morgan fingerprint density at radius 2 is 1.50 bits per heavy atom. The van der Waals surface area contributed by atoms with Crippen LogP contribution in [0.4, 0.5) is 28.4 Å². The molecule has 0 aliphatic carbocycles. The number of azo groups is 2. The Kier molecular flexibility index (Phi) is 11.8. The smallest absolute Gasteiger partial charge is 0.857 e. The number of benzene rings is 5. The molecular weight excluding hydrogens is 736 g/mol. The van der Waals surface area contributed by atoms with Crippen molar-refractivity contribution in [3.63, 3.8) is 0 Å². The van der Waals surface area contributed by atoms with E-state index in [9.17, 15) is 43.8 Å². The number of hydrogen-bond acceptors (Lipinski definition) is 14. The van der Waals surface area contributed by atoms with E-state index in [1.807, 2.05) is 18.2 Å². The number of hydrogen-bond donors (Lipinski definition) is 3. The van der Waals surface area contributed by atoms with E-state index in [1.165, 1.54) is 67.6 Å². The molecule has 0 spiro atoms. The van der Waals surface area contributed by atoms with Crippen LogP contribution in [0.25, 0.3) is 16.5 Å². The first-order valence-electron chi connectivity index (χ1n) is 14.5. The molecular formula is C33H24CrN8O9S+. The Bertz CT molecular complexity index is 2490. The third kappa shape index (κ3) is 8.61. The predicted molar refractivity (Wildman–Crippen MR) is 179 cm³/mol. The summed E-state index contributed by atoms with van der Waals surface area (Å²) < 4.78 is 24.0. The molecule has 1 radical (unpaired) electrons. The van der Waals surface area contributed by atoms with Gasteiger partial charge in [0, 0.05) is 22.9 Å². The van der Waals surface area contributed by atoms with Crippen LogP contribution in [0.5, 0.6) is 17.4 Å². The third-order valence-electron chi connectivity index (χ3n) is 7.07. The third-order valence-corrected chi connectivity index (χ3v) is 7.98. The van der Waals surface area contributed by atoms with E-state index in [4.69, 9.17) is 5.14 Å². The largest absolute Gasteiger partial charge is 3.00 e. The standard InChI is InChI=1S/C17H15N5O5S.C16H11N3O4.Cr/c1-10-15(20-19-14-8-3-2-7-13(14)17(24)25)16(23)22(21-10)11-5-4-6-12(9-11)28(18,26)27;20-14-8-5-10-3-1-2-4-12(10)16(14)18-17-13-7-6-11(19(22)23)9-15(13)21;/h2-9,23H,1H3,(H,24,25)(H2,18,26,27);1-9,20-21H;/q;;+3/p-2. The number of nitro benzene ring substituents is 1. The van der Waals surface area contributed by atoms with Crippen LogP contribution >= 0.6 is 0 Å². The van der Waals surface area contributed by atoms with Crippen LogP contribution in [0.15, 0.2) is 128 Å². The van der Waals surface area contributed by atoms with Crippen molar-refractivity contribution in [2.45, 2.75) is 11.8 Å². The number of aromatic nitrogens is 2. The van der Waals surface area contributed by atoms with Crippen LogP contribution in [-0.2, 0) is 27.4 Å². The second-order valence-corrected chi connectivity index (χ2v) is 12.0. The van der Waals surface area contributed by atoms with Crippen molar-refractivity contribution in [3.05, 3.63) is 124 Å². The zero-order chi connectivity index (χ0) is 36.9. The molecule has 17 nitrogen and oxygen atoms in total. The van der Waals surface area contributed by atoms with Gasteiger partial charge in [0.1, 0.15) is 28.6 Å². The molecule has 4 N–H and O–H groups in total. The quantitative estimate of drug-likeness (QED) is 0.103. The number of nitro groups is 1. The van der Waals surface area contributed by atoms with Gasteiger partial charge >= 0.3 is 17.4 Å². The summed E-state index contributed by atoms with van der Waals surface area (Å²) >= 11 is 0. The number of phenols is 2. The molecule has 0 atom stereocenters. The van der Waals surface area contributed by atoms with Gasteiger partial charge in [0.25, 0.3) is 5.69 Å². The summed E-state index contributed by atoms with van der Waals surface area (Å²) in [5.74, 6) is -2.49. The van der Waals surface area contributed by atoms with Gasteiger partial charge in [-0.1, -0.05) is 54.6 Å². The number of carboxylic acid groups (broad SMARTS) is 1. The number of fused-ring (bicyclic) bond motifs is 1. The fraction of sp³-hybridized carbons (Fsp3) is 0.0303. The van der Waals surface area contributed by atoms with Crippen LogP contribution in [0.3, 0.4) is 0 Å². The molecule has 19 heteroatoms. The minimum atomic E-state index is -3.96. The summed E-state index contributed by atoms with van der Waals surface area (Å²) in [6.07, 6.45) is 0. The van der Waals surface area contributed by atoms with Gasteiger partial charge in [0.05, 0.1) is 38.9 Å². The van der Waals surface area contributed by atoms with E-state index in [1.54, 1.807) is 18.2 Å². The number of carboxylic acids is 1. The predicted octanol–water partition coefficient (Wildman–Crippen LogP) is 5.25. The topological polar surface area (TPSA) is 274 Å². The molecule has 6 rings (SSSR count). The molecule has 52 heavy (non-hydrogen) atoms. The molecule has 6 aromatic rings. The Morgan fingerprint density at radius 3 is 2.19 bits per heavy atom. The van der Waals surface area contributed by atoms with Crippen molar-refractivity contribution in [3.8, 4) is 23.1 Å². The molecule has 0 fully saturated rings. The number of non-ortho nitro benzene ring substituents is 1. The van der Waals surface area contributed by atoms with Crippen LogP contribution in [0, 0.1) is 17.0 Å². The molecule has 0 amide bonds. The van der Waals surface area contributed by atoms with Crippen LogP contribution < -0.4 is 15.4 Å². The number of sulfonamides is 1. The van der Waals surface area contributed by atoms with E-state index >= 15 is 0 Å². The van der Waals surface area contributed by atoms with Crippen molar-refractivity contribution < 1.29 is 55.9 Å². The van der Waals surface area contributed by atoms with Crippen molar-refractivity contribution in [1.82, 2.24) is 9.78 Å². The van der Waals surface area contributed by atoms with Crippen molar-refractivity contribution in [1.29, 1.82) is 0 Å². The summed E-state index contributed by atoms with van der Waals surface area (Å²) in [5, 5.41) is 80.4. The fourth-order valence-electron chi connectivity index (χ4n) is 4.58. The zero-order valence-corrected chi connectivity index (χ0v) is 28.7. The van der Waals surface area contributed by atoms with Crippen molar-refractivity contribution in [2.24, 2.45) is 25.6 Å². The molecule has 1 aromatic heterocycles. The maximum atomic E-state index is 12.6. The second kappa shape index (κ2) is 16.0. The first-order valence-corrected chi connectivity index (χ1v) is 16.0. The summed E-state index contributed by atoms with van der Waals surface area (Å²) in [5.41, 5.74) is 0.221. The van der Waals surface area contributed by atoms with E-state index in [2.05, 4.69) is 25.6 Å². The Morgan fingerprint density at radius 1 is 0.827 bits per heavy atom. The number of nitrogens with zero attached hydrogens (tertiary/aromatic N) is 7. The first-order chi connectivity index (χ1) is 24.2. The van der Waals surface area contributed by atoms with Crippen molar-refractivity contribution in [2.75, 3.05) is 0 Å². The van der Waals surface area contributed by atoms with Gasteiger partial charge in [-0.3, -0.25) is 10.1 Å². The summed E-state index contributed by atoms with van der Waals surface area (Å²) in [7, 11) is -3.96. The number of carbonyl (C=O) groups excluding carboxylic acids is 1. The van der Waals surface area contributed by atoms with E-state index in [0.717, 1.165) is 16.1 Å². The number of phenolic OH excluding ortho intramolecular Hbond substituents is 2. The summed E-state index contributed by atoms with van der Waals surface area (Å²) in [6.45, 7) is 1.51. The maximum Gasteiger partial charge on any atom is 3.00 e.